The first-order valence-electron chi connectivity index (χ1n) is 6.53. The molecule has 0 spiro atoms. The molecule has 0 saturated carbocycles. The SMILES string of the molecule is CSCOc1ccc(-c2ccc(Br)c(=O)n2CC(F)F)c(Br)c1. The third-order valence-corrected chi connectivity index (χ3v) is 4.62. The Labute approximate surface area is 153 Å². The fourth-order valence-corrected chi connectivity index (χ4v) is 3.19. The van der Waals surface area contributed by atoms with Gasteiger partial charge in [0.15, 0.2) is 0 Å². The van der Waals surface area contributed by atoms with Crippen molar-refractivity contribution in [3.63, 3.8) is 0 Å². The first kappa shape index (κ1) is 18.5. The number of ether oxygens (including phenoxy) is 1. The molecule has 2 aromatic rings. The van der Waals surface area contributed by atoms with Gasteiger partial charge in [0.25, 0.3) is 12.0 Å². The van der Waals surface area contributed by atoms with Crippen molar-refractivity contribution in [2.24, 2.45) is 0 Å². The summed E-state index contributed by atoms with van der Waals surface area (Å²) in [6.45, 7) is -0.662. The van der Waals surface area contributed by atoms with E-state index in [1.165, 1.54) is 0 Å². The van der Waals surface area contributed by atoms with Crippen LogP contribution in [0.25, 0.3) is 11.3 Å². The highest BCUT2D eigenvalue weighted by Crippen LogP contribution is 2.32. The average Bonchev–Trinajstić information content (AvgIpc) is 2.50. The van der Waals surface area contributed by atoms with Crippen LogP contribution < -0.4 is 10.3 Å². The first-order valence-corrected chi connectivity index (χ1v) is 9.51. The molecule has 0 fully saturated rings. The van der Waals surface area contributed by atoms with Gasteiger partial charge in [-0.15, -0.1) is 11.8 Å². The maximum Gasteiger partial charge on any atom is 0.265 e. The summed E-state index contributed by atoms with van der Waals surface area (Å²) in [4.78, 5) is 12.2. The number of nitrogens with zero attached hydrogens (tertiary/aromatic N) is 1. The molecule has 0 N–H and O–H groups in total. The van der Waals surface area contributed by atoms with E-state index >= 15 is 0 Å². The number of alkyl halides is 2. The van der Waals surface area contributed by atoms with Crippen LogP contribution in [0.15, 0.2) is 44.1 Å². The number of benzene rings is 1. The molecule has 0 atom stereocenters. The van der Waals surface area contributed by atoms with Crippen molar-refractivity contribution in [3.05, 3.63) is 49.6 Å². The number of thioether (sulfide) groups is 1. The van der Waals surface area contributed by atoms with E-state index in [9.17, 15) is 13.6 Å². The molecule has 23 heavy (non-hydrogen) atoms. The second-order valence-corrected chi connectivity index (χ2v) is 7.09. The van der Waals surface area contributed by atoms with Crippen molar-refractivity contribution < 1.29 is 13.5 Å². The molecule has 2 rings (SSSR count). The van der Waals surface area contributed by atoms with Crippen molar-refractivity contribution in [2.45, 2.75) is 13.0 Å². The van der Waals surface area contributed by atoms with Crippen LogP contribution in [0.3, 0.4) is 0 Å². The molecule has 0 radical (unpaired) electrons. The molecule has 0 aliphatic heterocycles. The van der Waals surface area contributed by atoms with Gasteiger partial charge in [-0.2, -0.15) is 0 Å². The van der Waals surface area contributed by atoms with E-state index in [2.05, 4.69) is 31.9 Å². The van der Waals surface area contributed by atoms with Crippen LogP contribution in [0.2, 0.25) is 0 Å². The Morgan fingerprint density at radius 3 is 2.57 bits per heavy atom. The lowest BCUT2D eigenvalue weighted by molar-refractivity contribution is 0.126. The third-order valence-electron chi connectivity index (χ3n) is 3.01. The van der Waals surface area contributed by atoms with Crippen LogP contribution in [-0.2, 0) is 6.54 Å². The maximum atomic E-state index is 12.8. The molecule has 0 saturated heterocycles. The summed E-state index contributed by atoms with van der Waals surface area (Å²) in [6.07, 6.45) is -0.697. The van der Waals surface area contributed by atoms with E-state index in [0.717, 1.165) is 4.57 Å². The molecular weight excluding hydrogens is 456 g/mol. The summed E-state index contributed by atoms with van der Waals surface area (Å²) in [6, 6.07) is 8.44. The zero-order valence-corrected chi connectivity index (χ0v) is 16.1. The number of hydrogen-bond donors (Lipinski definition) is 0. The molecule has 0 unspecified atom stereocenters. The summed E-state index contributed by atoms with van der Waals surface area (Å²) in [7, 11) is 0. The van der Waals surface area contributed by atoms with Gasteiger partial charge in [0.1, 0.15) is 11.7 Å². The van der Waals surface area contributed by atoms with Crippen LogP contribution in [0.4, 0.5) is 8.78 Å². The largest absolute Gasteiger partial charge is 0.483 e. The summed E-state index contributed by atoms with van der Waals surface area (Å²) >= 11 is 8.05. The van der Waals surface area contributed by atoms with Gasteiger partial charge in [0, 0.05) is 10.0 Å². The number of halogens is 4. The summed E-state index contributed by atoms with van der Waals surface area (Å²) in [5.41, 5.74) is 0.575. The Balaban J connectivity index is 2.49. The zero-order valence-electron chi connectivity index (χ0n) is 12.1. The van der Waals surface area contributed by atoms with Crippen LogP contribution in [0.1, 0.15) is 0 Å². The Morgan fingerprint density at radius 1 is 1.22 bits per heavy atom. The molecule has 8 heteroatoms. The van der Waals surface area contributed by atoms with E-state index in [1.54, 1.807) is 42.1 Å². The molecule has 1 aromatic heterocycles. The van der Waals surface area contributed by atoms with E-state index in [0.29, 0.717) is 27.4 Å². The van der Waals surface area contributed by atoms with Gasteiger partial charge in [-0.25, -0.2) is 8.78 Å². The molecule has 3 nitrogen and oxygen atoms in total. The summed E-state index contributed by atoms with van der Waals surface area (Å²) in [5.74, 6) is 1.18. The quantitative estimate of drug-likeness (QED) is 0.558. The second-order valence-electron chi connectivity index (χ2n) is 4.57. The normalized spacial score (nSPS) is 11.0. The predicted molar refractivity (Wildman–Crippen MR) is 96.6 cm³/mol. The number of pyridine rings is 1. The highest BCUT2D eigenvalue weighted by molar-refractivity contribution is 9.10. The molecule has 0 amide bonds. The van der Waals surface area contributed by atoms with E-state index < -0.39 is 18.5 Å². The lowest BCUT2D eigenvalue weighted by atomic mass is 10.1. The van der Waals surface area contributed by atoms with Gasteiger partial charge < -0.3 is 9.30 Å². The monoisotopic (exact) mass is 467 g/mol. The molecule has 124 valence electrons. The van der Waals surface area contributed by atoms with Gasteiger partial charge in [-0.1, -0.05) is 0 Å². The van der Waals surface area contributed by atoms with Gasteiger partial charge in [-0.3, -0.25) is 4.79 Å². The van der Waals surface area contributed by atoms with Crippen molar-refractivity contribution >= 4 is 43.6 Å². The summed E-state index contributed by atoms with van der Waals surface area (Å²) < 4.78 is 33.1. The minimum atomic E-state index is -2.62. The first-order chi connectivity index (χ1) is 10.9. The average molecular weight is 469 g/mol. The van der Waals surface area contributed by atoms with Crippen LogP contribution in [0, 0.1) is 0 Å². The van der Waals surface area contributed by atoms with Crippen molar-refractivity contribution in [1.82, 2.24) is 4.57 Å². The highest BCUT2D eigenvalue weighted by atomic mass is 79.9. The molecule has 0 bridgehead atoms. The number of hydrogen-bond acceptors (Lipinski definition) is 3. The predicted octanol–water partition coefficient (Wildman–Crippen LogP) is 5.00. The molecule has 0 aliphatic rings. The Morgan fingerprint density at radius 2 is 1.96 bits per heavy atom. The van der Waals surface area contributed by atoms with E-state index in [4.69, 9.17) is 4.74 Å². The Bertz CT molecular complexity index is 753. The minimum Gasteiger partial charge on any atom is -0.483 e. The van der Waals surface area contributed by atoms with Crippen LogP contribution >= 0.6 is 43.6 Å². The lowest BCUT2D eigenvalue weighted by Crippen LogP contribution is -2.25. The lowest BCUT2D eigenvalue weighted by Gasteiger charge is -2.15. The standard InChI is InChI=1S/C15H13Br2F2NO2S/c1-23-8-22-9-2-3-10(12(17)6-9)13-5-4-11(16)15(21)20(13)7-14(18)19/h2-6,14H,7-8H2,1H3. The molecule has 1 heterocycles. The van der Waals surface area contributed by atoms with Gasteiger partial charge in [-0.05, 0) is 68.4 Å². The number of rotatable bonds is 6. The third kappa shape index (κ3) is 4.58. The highest BCUT2D eigenvalue weighted by Gasteiger charge is 2.15. The number of aromatic nitrogens is 1. The zero-order chi connectivity index (χ0) is 17.0. The van der Waals surface area contributed by atoms with E-state index in [1.807, 2.05) is 6.26 Å². The molecule has 0 aliphatic carbocycles. The van der Waals surface area contributed by atoms with Crippen LogP contribution in [-0.4, -0.2) is 23.2 Å². The summed E-state index contributed by atoms with van der Waals surface area (Å²) in [5, 5.41) is 0. The maximum absolute atomic E-state index is 12.8. The van der Waals surface area contributed by atoms with Gasteiger partial charge >= 0.3 is 0 Å². The van der Waals surface area contributed by atoms with Crippen molar-refractivity contribution in [3.8, 4) is 17.0 Å². The van der Waals surface area contributed by atoms with E-state index in [-0.39, 0.29) is 4.47 Å². The van der Waals surface area contributed by atoms with Crippen molar-refractivity contribution in [1.29, 1.82) is 0 Å². The van der Waals surface area contributed by atoms with Crippen molar-refractivity contribution in [2.75, 3.05) is 12.2 Å². The fraction of sp³-hybridized carbons (Fsp3) is 0.267. The Hall–Kier alpha value is -0.860. The Kier molecular flexibility index (Phi) is 6.67. The minimum absolute atomic E-state index is 0.248. The van der Waals surface area contributed by atoms with Gasteiger partial charge in [0.2, 0.25) is 0 Å². The smallest absolute Gasteiger partial charge is 0.265 e. The second kappa shape index (κ2) is 8.30. The molecule has 1 aromatic carbocycles. The van der Waals surface area contributed by atoms with Gasteiger partial charge in [0.05, 0.1) is 16.7 Å². The topological polar surface area (TPSA) is 31.2 Å². The van der Waals surface area contributed by atoms with Crippen LogP contribution in [0.5, 0.6) is 5.75 Å². The molecular formula is C15H13Br2F2NO2S. The fourth-order valence-electron chi connectivity index (χ4n) is 2.03.